The molecular weight excluding hydrogens is 280 g/mol. The summed E-state index contributed by atoms with van der Waals surface area (Å²) in [6, 6.07) is 8.05. The molecule has 0 radical (unpaired) electrons. The van der Waals surface area contributed by atoms with Crippen LogP contribution in [0, 0.1) is 0 Å². The van der Waals surface area contributed by atoms with E-state index in [9.17, 15) is 9.59 Å². The number of nitrogens with zero attached hydrogens (tertiary/aromatic N) is 1. The number of aromatic amines is 1. The van der Waals surface area contributed by atoms with E-state index in [0.29, 0.717) is 0 Å². The van der Waals surface area contributed by atoms with Gasteiger partial charge in [-0.15, -0.1) is 0 Å². The second-order valence-corrected chi connectivity index (χ2v) is 4.92. The Balaban J connectivity index is 1.79. The van der Waals surface area contributed by atoms with Crippen LogP contribution in [-0.4, -0.2) is 28.3 Å². The van der Waals surface area contributed by atoms with Crippen LogP contribution in [0.1, 0.15) is 30.3 Å². The molecule has 0 spiro atoms. The number of carbonyl (C=O) groups excluding carboxylic acids is 2. The average Bonchev–Trinajstić information content (AvgIpc) is 2.97. The minimum Gasteiger partial charge on any atom is -0.461 e. The van der Waals surface area contributed by atoms with Crippen LogP contribution in [0.25, 0.3) is 6.08 Å². The van der Waals surface area contributed by atoms with E-state index in [2.05, 4.69) is 9.97 Å². The van der Waals surface area contributed by atoms with Crippen molar-refractivity contribution >= 4 is 17.8 Å². The van der Waals surface area contributed by atoms with E-state index in [4.69, 9.17) is 4.74 Å². The van der Waals surface area contributed by atoms with Gasteiger partial charge in [0.25, 0.3) is 0 Å². The molecule has 1 aromatic heterocycles. The van der Waals surface area contributed by atoms with E-state index in [1.807, 2.05) is 30.3 Å². The van der Waals surface area contributed by atoms with Crippen molar-refractivity contribution in [1.82, 2.24) is 9.97 Å². The predicted molar refractivity (Wildman–Crippen MR) is 83.1 cm³/mol. The number of imidazole rings is 1. The lowest BCUT2D eigenvalue weighted by atomic mass is 10.1. The zero-order chi connectivity index (χ0) is 15.8. The maximum atomic E-state index is 11.2. The average molecular weight is 298 g/mol. The Morgan fingerprint density at radius 2 is 2.05 bits per heavy atom. The summed E-state index contributed by atoms with van der Waals surface area (Å²) in [6.07, 6.45) is 7.76. The summed E-state index contributed by atoms with van der Waals surface area (Å²) in [5.41, 5.74) is 2.19. The summed E-state index contributed by atoms with van der Waals surface area (Å²) in [7, 11) is 0. The molecule has 0 atom stereocenters. The van der Waals surface area contributed by atoms with Crippen molar-refractivity contribution in [3.05, 3.63) is 59.7 Å². The number of rotatable bonds is 7. The van der Waals surface area contributed by atoms with Gasteiger partial charge in [0.05, 0.1) is 0 Å². The molecule has 0 aliphatic carbocycles. The van der Waals surface area contributed by atoms with Crippen molar-refractivity contribution in [3.63, 3.8) is 0 Å². The van der Waals surface area contributed by atoms with Gasteiger partial charge in [-0.25, -0.2) is 4.98 Å². The third-order valence-electron chi connectivity index (χ3n) is 2.95. The molecule has 0 aliphatic rings. The molecule has 0 fully saturated rings. The van der Waals surface area contributed by atoms with Crippen LogP contribution >= 0.6 is 0 Å². The summed E-state index contributed by atoms with van der Waals surface area (Å²) in [4.78, 5) is 29.2. The fourth-order valence-corrected chi connectivity index (χ4v) is 1.91. The number of H-pyrrole nitrogens is 1. The maximum absolute atomic E-state index is 11.2. The Kier molecular flexibility index (Phi) is 5.65. The highest BCUT2D eigenvalue weighted by Gasteiger charge is 2.04. The van der Waals surface area contributed by atoms with Crippen LogP contribution in [0.5, 0.6) is 0 Å². The minimum atomic E-state index is -0.494. The fraction of sp³-hybridized carbons (Fsp3) is 0.235. The van der Waals surface area contributed by atoms with Crippen LogP contribution < -0.4 is 0 Å². The Morgan fingerprint density at radius 3 is 2.68 bits per heavy atom. The lowest BCUT2D eigenvalue weighted by Crippen LogP contribution is -2.08. The van der Waals surface area contributed by atoms with Crippen molar-refractivity contribution in [2.24, 2.45) is 0 Å². The molecule has 0 saturated carbocycles. The molecule has 5 heteroatoms. The number of hydrogen-bond acceptors (Lipinski definition) is 4. The first-order chi connectivity index (χ1) is 10.6. The first-order valence-corrected chi connectivity index (χ1v) is 7.02. The van der Waals surface area contributed by atoms with Gasteiger partial charge in [-0.05, 0) is 24.1 Å². The van der Waals surface area contributed by atoms with E-state index in [1.165, 1.54) is 12.5 Å². The largest absolute Gasteiger partial charge is 0.461 e. The van der Waals surface area contributed by atoms with Crippen molar-refractivity contribution in [2.75, 3.05) is 6.61 Å². The summed E-state index contributed by atoms with van der Waals surface area (Å²) < 4.78 is 4.91. The molecule has 5 nitrogen and oxygen atoms in total. The number of benzene rings is 1. The van der Waals surface area contributed by atoms with Crippen LogP contribution in [0.3, 0.4) is 0 Å². The third kappa shape index (κ3) is 5.36. The highest BCUT2D eigenvalue weighted by Crippen LogP contribution is 2.09. The van der Waals surface area contributed by atoms with E-state index in [-0.39, 0.29) is 18.8 Å². The minimum absolute atomic E-state index is 0.167. The van der Waals surface area contributed by atoms with Gasteiger partial charge < -0.3 is 9.72 Å². The smallest absolute Gasteiger partial charge is 0.313 e. The van der Waals surface area contributed by atoms with Gasteiger partial charge in [0.2, 0.25) is 0 Å². The zero-order valence-electron chi connectivity index (χ0n) is 12.4. The SMILES string of the molecule is CC(=O)CC(=O)OCC=Cc1ccc(Cc2ncc[nH]2)cc1. The fourth-order valence-electron chi connectivity index (χ4n) is 1.91. The topological polar surface area (TPSA) is 72.1 Å². The predicted octanol–water partition coefficient (Wildman–Crippen LogP) is 2.54. The standard InChI is InChI=1S/C17H18N2O3/c1-13(20)11-17(21)22-10-2-3-14-4-6-15(7-5-14)12-16-18-8-9-19-16/h2-9H,10-12H2,1H3,(H,18,19). The molecule has 1 N–H and O–H groups in total. The monoisotopic (exact) mass is 298 g/mol. The molecule has 1 aromatic carbocycles. The Morgan fingerprint density at radius 1 is 1.27 bits per heavy atom. The van der Waals surface area contributed by atoms with Gasteiger partial charge in [-0.3, -0.25) is 9.59 Å². The summed E-state index contributed by atoms with van der Waals surface area (Å²) >= 11 is 0. The Hall–Kier alpha value is -2.69. The van der Waals surface area contributed by atoms with E-state index >= 15 is 0 Å². The van der Waals surface area contributed by atoms with E-state index in [1.54, 1.807) is 18.5 Å². The van der Waals surface area contributed by atoms with Gasteiger partial charge in [0, 0.05) is 18.8 Å². The second kappa shape index (κ2) is 7.93. The molecule has 0 bridgehead atoms. The highest BCUT2D eigenvalue weighted by molar-refractivity contribution is 5.94. The lowest BCUT2D eigenvalue weighted by molar-refractivity contribution is -0.144. The van der Waals surface area contributed by atoms with Gasteiger partial charge in [0.15, 0.2) is 0 Å². The van der Waals surface area contributed by atoms with Gasteiger partial charge >= 0.3 is 5.97 Å². The van der Waals surface area contributed by atoms with Gasteiger partial charge in [-0.1, -0.05) is 30.3 Å². The molecule has 1 heterocycles. The second-order valence-electron chi connectivity index (χ2n) is 4.92. The molecule has 0 amide bonds. The normalized spacial score (nSPS) is 10.8. The molecule has 0 aliphatic heterocycles. The first-order valence-electron chi connectivity index (χ1n) is 7.02. The quantitative estimate of drug-likeness (QED) is 0.630. The number of carbonyl (C=O) groups is 2. The Labute approximate surface area is 129 Å². The molecule has 114 valence electrons. The highest BCUT2D eigenvalue weighted by atomic mass is 16.5. The van der Waals surface area contributed by atoms with E-state index in [0.717, 1.165) is 17.8 Å². The van der Waals surface area contributed by atoms with Crippen LogP contribution in [0.15, 0.2) is 42.7 Å². The molecule has 0 unspecified atom stereocenters. The molecule has 2 rings (SSSR count). The van der Waals surface area contributed by atoms with Crippen molar-refractivity contribution in [2.45, 2.75) is 19.8 Å². The molecular formula is C17H18N2O3. The summed E-state index contributed by atoms with van der Waals surface area (Å²) in [5.74, 6) is 0.243. The lowest BCUT2D eigenvalue weighted by Gasteiger charge is -2.01. The number of Topliss-reactive ketones (excluding diaryl/α,β-unsaturated/α-hetero) is 1. The third-order valence-corrected chi connectivity index (χ3v) is 2.95. The van der Waals surface area contributed by atoms with Crippen molar-refractivity contribution in [1.29, 1.82) is 0 Å². The van der Waals surface area contributed by atoms with Crippen LogP contribution in [0.2, 0.25) is 0 Å². The van der Waals surface area contributed by atoms with Gasteiger partial charge in [-0.2, -0.15) is 0 Å². The molecule has 2 aromatic rings. The summed E-state index contributed by atoms with van der Waals surface area (Å²) in [5, 5.41) is 0. The molecule has 0 saturated heterocycles. The molecule has 22 heavy (non-hydrogen) atoms. The van der Waals surface area contributed by atoms with Crippen LogP contribution in [-0.2, 0) is 20.7 Å². The van der Waals surface area contributed by atoms with Crippen LogP contribution in [0.4, 0.5) is 0 Å². The van der Waals surface area contributed by atoms with Gasteiger partial charge in [0.1, 0.15) is 24.6 Å². The number of ether oxygens (including phenoxy) is 1. The number of ketones is 1. The number of nitrogens with one attached hydrogen (secondary N) is 1. The van der Waals surface area contributed by atoms with Crippen molar-refractivity contribution < 1.29 is 14.3 Å². The number of esters is 1. The maximum Gasteiger partial charge on any atom is 0.313 e. The van der Waals surface area contributed by atoms with E-state index < -0.39 is 5.97 Å². The number of aromatic nitrogens is 2. The summed E-state index contributed by atoms with van der Waals surface area (Å²) in [6.45, 7) is 1.53. The zero-order valence-corrected chi connectivity index (χ0v) is 12.4. The first kappa shape index (κ1) is 15.7. The Bertz CT molecular complexity index is 643. The van der Waals surface area contributed by atoms with Crippen molar-refractivity contribution in [3.8, 4) is 0 Å². The number of hydrogen-bond donors (Lipinski definition) is 1.